The fraction of sp³-hybridized carbons (Fsp3) is 0.571. The number of benzene rings is 1. The van der Waals surface area contributed by atoms with Gasteiger partial charge in [-0.1, -0.05) is 32.9 Å². The summed E-state index contributed by atoms with van der Waals surface area (Å²) in [6.45, 7) is 7.24. The summed E-state index contributed by atoms with van der Waals surface area (Å²) in [4.78, 5) is 19.9. The molecule has 2 aromatic rings. The number of aromatic nitrogens is 1. The number of pyridine rings is 1. The molecule has 208 valence electrons. The lowest BCUT2D eigenvalue weighted by Gasteiger charge is -2.35. The van der Waals surface area contributed by atoms with Gasteiger partial charge in [-0.2, -0.15) is 13.2 Å². The third kappa shape index (κ3) is 6.57. The van der Waals surface area contributed by atoms with E-state index in [9.17, 15) is 26.4 Å². The van der Waals surface area contributed by atoms with Crippen LogP contribution in [0.15, 0.2) is 41.4 Å². The fourth-order valence-corrected chi connectivity index (χ4v) is 6.65. The number of alkyl halides is 3. The van der Waals surface area contributed by atoms with E-state index >= 15 is 0 Å². The number of rotatable bonds is 8. The monoisotopic (exact) mass is 551 g/mol. The molecule has 1 N–H and O–H groups in total. The number of hydrogen-bond donors (Lipinski definition) is 1. The molecule has 1 aromatic carbocycles. The second-order valence-electron chi connectivity index (χ2n) is 10.9. The Hall–Kier alpha value is -2.46. The van der Waals surface area contributed by atoms with E-state index in [1.807, 2.05) is 6.07 Å². The molecule has 0 saturated heterocycles. The minimum atomic E-state index is -4.10. The van der Waals surface area contributed by atoms with Crippen LogP contribution in [-0.2, 0) is 27.6 Å². The van der Waals surface area contributed by atoms with Crippen molar-refractivity contribution < 1.29 is 26.4 Å². The first-order valence-corrected chi connectivity index (χ1v) is 14.9. The third-order valence-corrected chi connectivity index (χ3v) is 9.54. The summed E-state index contributed by atoms with van der Waals surface area (Å²) in [6, 6.07) is 8.37. The first kappa shape index (κ1) is 28.5. The number of anilines is 1. The summed E-state index contributed by atoms with van der Waals surface area (Å²) in [5.74, 6) is -0.857. The zero-order valence-corrected chi connectivity index (χ0v) is 22.9. The summed E-state index contributed by atoms with van der Waals surface area (Å²) < 4.78 is 63.2. The lowest BCUT2D eigenvalue weighted by Crippen LogP contribution is -2.35. The first-order valence-electron chi connectivity index (χ1n) is 13.3. The Bertz CT molecular complexity index is 1240. The van der Waals surface area contributed by atoms with Crippen LogP contribution in [0.5, 0.6) is 0 Å². The van der Waals surface area contributed by atoms with Crippen molar-refractivity contribution in [2.45, 2.75) is 76.5 Å². The van der Waals surface area contributed by atoms with Gasteiger partial charge in [0.1, 0.15) is 0 Å². The molecule has 10 heteroatoms. The van der Waals surface area contributed by atoms with E-state index in [1.165, 1.54) is 12.1 Å². The summed E-state index contributed by atoms with van der Waals surface area (Å²) >= 11 is 0. The number of carbonyl (C=O) groups is 1. The van der Waals surface area contributed by atoms with Crippen molar-refractivity contribution in [1.82, 2.24) is 9.88 Å². The van der Waals surface area contributed by atoms with E-state index in [-0.39, 0.29) is 53.7 Å². The van der Waals surface area contributed by atoms with Crippen LogP contribution < -0.4 is 5.32 Å². The number of fused-ring (bicyclic) bond motifs is 1. The Balaban J connectivity index is 1.38. The third-order valence-electron chi connectivity index (χ3n) is 7.79. The molecular formula is C28H36F3N3O3S. The largest absolute Gasteiger partial charge is 0.391 e. The van der Waals surface area contributed by atoms with Gasteiger partial charge in [0.05, 0.1) is 46.6 Å². The van der Waals surface area contributed by atoms with Gasteiger partial charge in [-0.05, 0) is 66.8 Å². The van der Waals surface area contributed by atoms with Crippen molar-refractivity contribution in [2.24, 2.45) is 17.8 Å². The van der Waals surface area contributed by atoms with Gasteiger partial charge in [0.15, 0.2) is 9.84 Å². The molecule has 0 radical (unpaired) electrons. The van der Waals surface area contributed by atoms with Crippen molar-refractivity contribution in [3.63, 3.8) is 0 Å². The number of nitrogens with zero attached hydrogens (tertiary/aromatic N) is 2. The molecule has 1 fully saturated rings. The predicted octanol–water partition coefficient (Wildman–Crippen LogP) is 5.94. The number of carbonyl (C=O) groups excluding carboxylic acids is 1. The first-order chi connectivity index (χ1) is 17.9. The van der Waals surface area contributed by atoms with E-state index < -0.39 is 21.9 Å². The Morgan fingerprint density at radius 2 is 1.79 bits per heavy atom. The summed E-state index contributed by atoms with van der Waals surface area (Å²) in [7, 11) is -3.29. The highest BCUT2D eigenvalue weighted by Crippen LogP contribution is 2.43. The van der Waals surface area contributed by atoms with Crippen molar-refractivity contribution in [3.8, 4) is 0 Å². The van der Waals surface area contributed by atoms with Gasteiger partial charge in [0, 0.05) is 13.1 Å². The molecule has 0 bridgehead atoms. The van der Waals surface area contributed by atoms with E-state index in [1.54, 1.807) is 25.3 Å². The van der Waals surface area contributed by atoms with E-state index in [2.05, 4.69) is 29.0 Å². The lowest BCUT2D eigenvalue weighted by molar-refractivity contribution is -0.184. The molecule has 1 atom stereocenters. The van der Waals surface area contributed by atoms with Gasteiger partial charge in [0.2, 0.25) is 5.91 Å². The number of amides is 1. The maximum atomic E-state index is 13.1. The molecular weight excluding hydrogens is 515 g/mol. The zero-order valence-electron chi connectivity index (χ0n) is 22.1. The Morgan fingerprint density at radius 1 is 1.13 bits per heavy atom. The van der Waals surface area contributed by atoms with Gasteiger partial charge in [0.25, 0.3) is 0 Å². The highest BCUT2D eigenvalue weighted by atomic mass is 32.2. The quantitative estimate of drug-likeness (QED) is 0.440. The maximum absolute atomic E-state index is 13.1. The van der Waals surface area contributed by atoms with Gasteiger partial charge in [-0.25, -0.2) is 8.42 Å². The minimum Gasteiger partial charge on any atom is -0.324 e. The van der Waals surface area contributed by atoms with E-state index in [4.69, 9.17) is 0 Å². The molecule has 1 amide bonds. The van der Waals surface area contributed by atoms with Crippen LogP contribution in [0, 0.1) is 17.8 Å². The number of nitrogens with one attached hydrogen (secondary N) is 1. The van der Waals surface area contributed by atoms with Crippen LogP contribution in [-0.4, -0.2) is 42.7 Å². The molecule has 1 aromatic heterocycles. The molecule has 1 aliphatic carbocycles. The smallest absolute Gasteiger partial charge is 0.324 e. The number of sulfone groups is 1. The zero-order chi connectivity index (χ0) is 27.7. The Labute approximate surface area is 222 Å². The van der Waals surface area contributed by atoms with Crippen molar-refractivity contribution in [3.05, 3.63) is 53.3 Å². The van der Waals surface area contributed by atoms with E-state index in [0.29, 0.717) is 30.6 Å². The van der Waals surface area contributed by atoms with Gasteiger partial charge >= 0.3 is 6.18 Å². The van der Waals surface area contributed by atoms with Gasteiger partial charge in [-0.15, -0.1) is 0 Å². The average molecular weight is 552 g/mol. The molecule has 0 unspecified atom stereocenters. The standard InChI is InChI=1S/C28H36F3N3O3S/c1-4-38(36,37)24-11-7-19(8-12-24)13-25(35)33-23-14-21-17-34(27(18(2)3)26(21)32-15-23)16-20-5-9-22(10-6-20)28(29,30)31/h7-8,11-12,14-15,18,20,22,27H,4-6,9-10,13,16-17H2,1-3H3,(H,33,35)/t20?,22?,27-/m0/s1. The SMILES string of the molecule is CCS(=O)(=O)c1ccc(CC(=O)Nc2cnc3c(c2)CN(CC2CCC(C(F)(F)F)CC2)[C@H]3C(C)C)cc1. The van der Waals surface area contributed by atoms with Gasteiger partial charge in [-0.3, -0.25) is 14.7 Å². The highest BCUT2D eigenvalue weighted by Gasteiger charge is 2.42. The predicted molar refractivity (Wildman–Crippen MR) is 140 cm³/mol. The number of hydrogen-bond acceptors (Lipinski definition) is 5. The molecule has 1 saturated carbocycles. The Kier molecular flexibility index (Phi) is 8.52. The second kappa shape index (κ2) is 11.3. The molecule has 2 aliphatic rings. The normalized spacial score (nSPS) is 22.4. The van der Waals surface area contributed by atoms with E-state index in [0.717, 1.165) is 17.8 Å². The fourth-order valence-electron chi connectivity index (χ4n) is 5.76. The van der Waals surface area contributed by atoms with Crippen molar-refractivity contribution in [2.75, 3.05) is 17.6 Å². The summed E-state index contributed by atoms with van der Waals surface area (Å²) in [5, 5.41) is 2.89. The summed E-state index contributed by atoms with van der Waals surface area (Å²) in [6.07, 6.45) is -0.769. The number of halogens is 3. The van der Waals surface area contributed by atoms with Crippen LogP contribution in [0.2, 0.25) is 0 Å². The second-order valence-corrected chi connectivity index (χ2v) is 13.2. The lowest BCUT2D eigenvalue weighted by atomic mass is 9.81. The molecule has 38 heavy (non-hydrogen) atoms. The maximum Gasteiger partial charge on any atom is 0.391 e. The molecule has 4 rings (SSSR count). The minimum absolute atomic E-state index is 0.0203. The van der Waals surface area contributed by atoms with Crippen LogP contribution >= 0.6 is 0 Å². The van der Waals surface area contributed by atoms with Crippen LogP contribution in [0.1, 0.15) is 69.3 Å². The van der Waals surface area contributed by atoms with Crippen LogP contribution in [0.4, 0.5) is 18.9 Å². The van der Waals surface area contributed by atoms with Crippen LogP contribution in [0.3, 0.4) is 0 Å². The van der Waals surface area contributed by atoms with Crippen LogP contribution in [0.25, 0.3) is 0 Å². The molecule has 6 nitrogen and oxygen atoms in total. The molecule has 2 heterocycles. The molecule has 0 spiro atoms. The highest BCUT2D eigenvalue weighted by molar-refractivity contribution is 7.91. The summed E-state index contributed by atoms with van der Waals surface area (Å²) in [5.41, 5.74) is 3.29. The molecule has 1 aliphatic heterocycles. The average Bonchev–Trinajstić information content (AvgIpc) is 3.21. The van der Waals surface area contributed by atoms with Crippen molar-refractivity contribution in [1.29, 1.82) is 0 Å². The Morgan fingerprint density at radius 3 is 2.37 bits per heavy atom. The topological polar surface area (TPSA) is 79.4 Å². The van der Waals surface area contributed by atoms with Gasteiger partial charge < -0.3 is 5.32 Å². The van der Waals surface area contributed by atoms with Crippen molar-refractivity contribution >= 4 is 21.4 Å².